The molecule has 224 valence electrons. The summed E-state index contributed by atoms with van der Waals surface area (Å²) in [5, 5.41) is 3.03. The SMILES string of the molecule is NC(=O)c1ccc(C(=O)NCC(=O)O[C@@H](Cc2c(Cl)c[nH+]cc2Cl)c2ccc(OC(F)F)c(OCC3CC3)c2)cc1.[OH-]. The predicted molar refractivity (Wildman–Crippen MR) is 146 cm³/mol. The van der Waals surface area contributed by atoms with Crippen LogP contribution in [0.1, 0.15) is 50.8 Å². The average Bonchev–Trinajstić information content (AvgIpc) is 3.77. The smallest absolute Gasteiger partial charge is 0.387 e. The van der Waals surface area contributed by atoms with Gasteiger partial charge in [0.05, 0.1) is 6.61 Å². The Morgan fingerprint density at radius 1 is 1.00 bits per heavy atom. The number of hydrogen-bond donors (Lipinski definition) is 2. The molecule has 1 aliphatic rings. The number of H-pyrrole nitrogens is 1. The van der Waals surface area contributed by atoms with Crippen molar-refractivity contribution in [3.8, 4) is 11.5 Å². The molecule has 1 aliphatic carbocycles. The largest absolute Gasteiger partial charge is 0.870 e. The lowest BCUT2D eigenvalue weighted by Gasteiger charge is -2.21. The van der Waals surface area contributed by atoms with Gasteiger partial charge in [-0.1, -0.05) is 29.3 Å². The fourth-order valence-electron chi connectivity index (χ4n) is 3.85. The molecule has 1 aromatic heterocycles. The summed E-state index contributed by atoms with van der Waals surface area (Å²) < 4.78 is 42.1. The van der Waals surface area contributed by atoms with Crippen LogP contribution in [0.3, 0.4) is 0 Å². The minimum Gasteiger partial charge on any atom is -0.870 e. The van der Waals surface area contributed by atoms with Crippen LogP contribution in [-0.2, 0) is 16.0 Å². The van der Waals surface area contributed by atoms with Crippen molar-refractivity contribution in [3.05, 3.63) is 87.2 Å². The summed E-state index contributed by atoms with van der Waals surface area (Å²) in [7, 11) is 0. The summed E-state index contributed by atoms with van der Waals surface area (Å²) in [6.45, 7) is -3.23. The van der Waals surface area contributed by atoms with Gasteiger partial charge in [0, 0.05) is 23.1 Å². The zero-order valence-electron chi connectivity index (χ0n) is 21.9. The number of primary amides is 1. The van der Waals surface area contributed by atoms with Crippen LogP contribution in [0.5, 0.6) is 11.5 Å². The molecule has 42 heavy (non-hydrogen) atoms. The van der Waals surface area contributed by atoms with Gasteiger partial charge in [0.2, 0.25) is 5.91 Å². The molecule has 0 saturated heterocycles. The molecule has 0 spiro atoms. The normalized spacial score (nSPS) is 13.1. The van der Waals surface area contributed by atoms with Crippen molar-refractivity contribution in [3.63, 3.8) is 0 Å². The van der Waals surface area contributed by atoms with E-state index in [1.54, 1.807) is 0 Å². The summed E-state index contributed by atoms with van der Waals surface area (Å²) in [5.41, 5.74) is 6.51. The molecule has 1 atom stereocenters. The Balaban J connectivity index is 0.00000484. The van der Waals surface area contributed by atoms with Gasteiger partial charge in [0.1, 0.15) is 22.7 Å². The number of ether oxygens (including phenoxy) is 3. The molecule has 2 aromatic carbocycles. The van der Waals surface area contributed by atoms with E-state index >= 15 is 0 Å². The van der Waals surface area contributed by atoms with Crippen molar-refractivity contribution in [2.24, 2.45) is 11.7 Å². The second-order valence-electron chi connectivity index (χ2n) is 9.28. The van der Waals surface area contributed by atoms with E-state index < -0.39 is 37.0 Å². The summed E-state index contributed by atoms with van der Waals surface area (Å²) in [4.78, 5) is 39.4. The van der Waals surface area contributed by atoms with Crippen molar-refractivity contribution in [1.29, 1.82) is 0 Å². The monoisotopic (exact) mass is 625 g/mol. The fourth-order valence-corrected chi connectivity index (χ4v) is 4.38. The van der Waals surface area contributed by atoms with Crippen LogP contribution in [0.25, 0.3) is 0 Å². The maximum atomic E-state index is 13.0. The number of nitrogens with two attached hydrogens (primary N) is 1. The first kappa shape index (κ1) is 32.5. The summed E-state index contributed by atoms with van der Waals surface area (Å²) in [6, 6.07) is 9.81. The van der Waals surface area contributed by atoms with E-state index in [9.17, 15) is 23.2 Å². The number of carbonyl (C=O) groups excluding carboxylic acids is 3. The Hall–Kier alpha value is -4.00. The van der Waals surface area contributed by atoms with Gasteiger partial charge >= 0.3 is 12.6 Å². The number of hydrogen-bond acceptors (Lipinski definition) is 7. The first-order valence-electron chi connectivity index (χ1n) is 12.5. The number of alkyl halides is 2. The minimum absolute atomic E-state index is 0. The fraction of sp³-hybridized carbons (Fsp3) is 0.286. The second-order valence-corrected chi connectivity index (χ2v) is 10.1. The number of nitrogens with one attached hydrogen (secondary N) is 2. The van der Waals surface area contributed by atoms with E-state index in [1.807, 2.05) is 0 Å². The molecule has 4 rings (SSSR count). The van der Waals surface area contributed by atoms with Crippen molar-refractivity contribution >= 4 is 41.0 Å². The third-order valence-corrected chi connectivity index (χ3v) is 6.89. The minimum atomic E-state index is -3.06. The molecular weight excluding hydrogens is 599 g/mol. The molecule has 1 heterocycles. The van der Waals surface area contributed by atoms with E-state index in [2.05, 4.69) is 15.0 Å². The number of aromatic nitrogens is 1. The molecule has 0 radical (unpaired) electrons. The highest BCUT2D eigenvalue weighted by atomic mass is 35.5. The topological polar surface area (TPSA) is 161 Å². The van der Waals surface area contributed by atoms with E-state index in [-0.39, 0.29) is 44.6 Å². The van der Waals surface area contributed by atoms with Crippen LogP contribution >= 0.6 is 23.2 Å². The molecular formula is C28H27Cl2F2N3O7. The Bertz CT molecular complexity index is 1400. The van der Waals surface area contributed by atoms with E-state index in [0.717, 1.165) is 12.8 Å². The summed E-state index contributed by atoms with van der Waals surface area (Å²) in [6.07, 6.45) is 4.01. The standard InChI is InChI=1S/C28H25Cl2F2N3O6.H2O/c29-20-11-34-12-21(30)19(20)10-23(18-7-8-22(41-28(31)32)24(9-18)39-14-15-1-2-15)40-25(36)13-35-27(38)17-5-3-16(4-6-17)26(33)37;/h3-9,11-12,15,23,28H,1-2,10,13-14H2,(H2,33,37)(H,35,38);1H2/t23-;/m0./s1. The first-order valence-corrected chi connectivity index (χ1v) is 13.3. The first-order chi connectivity index (χ1) is 19.6. The number of halogens is 4. The molecule has 14 heteroatoms. The van der Waals surface area contributed by atoms with Gasteiger partial charge < -0.3 is 30.7 Å². The highest BCUT2D eigenvalue weighted by molar-refractivity contribution is 6.35. The number of aromatic amines is 1. The molecule has 0 bridgehead atoms. The van der Waals surface area contributed by atoms with Crippen LogP contribution in [0.2, 0.25) is 10.0 Å². The maximum absolute atomic E-state index is 13.0. The lowest BCUT2D eigenvalue weighted by atomic mass is 10.0. The molecule has 3 aromatic rings. The molecule has 1 fully saturated rings. The summed E-state index contributed by atoms with van der Waals surface area (Å²) >= 11 is 12.7. The predicted octanol–water partition coefficient (Wildman–Crippen LogP) is 4.38. The third kappa shape index (κ3) is 9.00. The van der Waals surface area contributed by atoms with Gasteiger partial charge in [-0.15, -0.1) is 0 Å². The van der Waals surface area contributed by atoms with Crippen molar-refractivity contribution < 1.29 is 47.8 Å². The van der Waals surface area contributed by atoms with Crippen molar-refractivity contribution in [2.75, 3.05) is 13.2 Å². The van der Waals surface area contributed by atoms with Gasteiger partial charge in [-0.2, -0.15) is 8.78 Å². The number of rotatable bonds is 13. The number of carbonyl (C=O) groups is 3. The van der Waals surface area contributed by atoms with Crippen LogP contribution in [-0.4, -0.2) is 43.0 Å². The van der Waals surface area contributed by atoms with Crippen LogP contribution in [0.15, 0.2) is 54.9 Å². The second kappa shape index (κ2) is 14.8. The molecule has 0 unspecified atom stereocenters. The number of benzene rings is 2. The number of esters is 1. The number of amides is 2. The zero-order valence-corrected chi connectivity index (χ0v) is 23.5. The molecule has 2 amide bonds. The third-order valence-electron chi connectivity index (χ3n) is 6.21. The summed E-state index contributed by atoms with van der Waals surface area (Å²) in [5.74, 6) is -1.77. The molecule has 0 aliphatic heterocycles. The van der Waals surface area contributed by atoms with Crippen molar-refractivity contribution in [2.45, 2.75) is 32.0 Å². The maximum Gasteiger partial charge on any atom is 0.387 e. The number of pyridine rings is 1. The van der Waals surface area contributed by atoms with E-state index in [1.165, 1.54) is 54.9 Å². The Kier molecular flexibility index (Phi) is 11.4. The quantitative estimate of drug-likeness (QED) is 0.266. The zero-order chi connectivity index (χ0) is 29.5. The highest BCUT2D eigenvalue weighted by Gasteiger charge is 2.26. The van der Waals surface area contributed by atoms with Gasteiger partial charge in [-0.3, -0.25) is 14.4 Å². The molecule has 1 saturated carbocycles. The Morgan fingerprint density at radius 3 is 2.24 bits per heavy atom. The van der Waals surface area contributed by atoms with Gasteiger partial charge in [-0.05, 0) is 60.7 Å². The van der Waals surface area contributed by atoms with Gasteiger partial charge in [0.25, 0.3) is 5.91 Å². The average molecular weight is 626 g/mol. The highest BCUT2D eigenvalue weighted by Crippen LogP contribution is 2.37. The van der Waals surface area contributed by atoms with E-state index in [0.29, 0.717) is 23.7 Å². The Labute approximate surface area is 249 Å². The van der Waals surface area contributed by atoms with Crippen molar-refractivity contribution in [1.82, 2.24) is 5.32 Å². The molecule has 10 nitrogen and oxygen atoms in total. The Morgan fingerprint density at radius 2 is 1.64 bits per heavy atom. The lowest BCUT2D eigenvalue weighted by molar-refractivity contribution is -0.377. The lowest BCUT2D eigenvalue weighted by Crippen LogP contribution is -2.31. The van der Waals surface area contributed by atoms with Crippen LogP contribution in [0, 0.1) is 5.92 Å². The molecule has 5 N–H and O–H groups in total. The van der Waals surface area contributed by atoms with Gasteiger partial charge in [0.15, 0.2) is 23.9 Å². The van der Waals surface area contributed by atoms with Gasteiger partial charge in [-0.25, -0.2) is 4.98 Å². The van der Waals surface area contributed by atoms with Crippen LogP contribution in [0.4, 0.5) is 8.78 Å². The van der Waals surface area contributed by atoms with Crippen LogP contribution < -0.4 is 25.5 Å². The van der Waals surface area contributed by atoms with E-state index in [4.69, 9.17) is 38.4 Å².